The molecule has 0 atom stereocenters. The first-order valence-corrected chi connectivity index (χ1v) is 7.14. The Kier molecular flexibility index (Phi) is 2.37. The Bertz CT molecular complexity index is 891. The topological polar surface area (TPSA) is 17.8 Å². The number of thiazole rings is 1. The van der Waals surface area contributed by atoms with Crippen LogP contribution in [0.4, 0.5) is 0 Å². The summed E-state index contributed by atoms with van der Waals surface area (Å²) in [5.74, 6) is 0. The van der Waals surface area contributed by atoms with Crippen LogP contribution in [-0.4, -0.2) is 9.55 Å². The molecule has 0 aliphatic heterocycles. The van der Waals surface area contributed by atoms with E-state index in [4.69, 9.17) is 11.6 Å². The molecule has 0 bridgehead atoms. The van der Waals surface area contributed by atoms with E-state index in [2.05, 4.69) is 33.9 Å². The van der Waals surface area contributed by atoms with Gasteiger partial charge < -0.3 is 0 Å². The largest absolute Gasteiger partial charge is 0.293 e. The van der Waals surface area contributed by atoms with Gasteiger partial charge in [-0.25, -0.2) is 4.98 Å². The number of nitrogens with zero attached hydrogens (tertiary/aromatic N) is 2. The number of fused-ring (bicyclic) bond motifs is 2. The Labute approximate surface area is 118 Å². The first kappa shape index (κ1) is 11.0. The highest BCUT2D eigenvalue weighted by Gasteiger charge is 2.10. The molecule has 2 aromatic heterocycles. The minimum Gasteiger partial charge on any atom is -0.293 e. The Morgan fingerprint density at radius 1 is 1.00 bits per heavy atom. The van der Waals surface area contributed by atoms with Crippen molar-refractivity contribution in [2.24, 2.45) is 0 Å². The molecular weight excluding hydrogens is 276 g/mol. The molecule has 4 heteroatoms. The summed E-state index contributed by atoms with van der Waals surface area (Å²) in [6.45, 7) is 0. The van der Waals surface area contributed by atoms with Gasteiger partial charge in [0, 0.05) is 11.6 Å². The molecule has 0 saturated heterocycles. The van der Waals surface area contributed by atoms with Gasteiger partial charge >= 0.3 is 0 Å². The number of benzene rings is 2. The minimum absolute atomic E-state index is 0.762. The van der Waals surface area contributed by atoms with Gasteiger partial charge in [-0.1, -0.05) is 47.2 Å². The fourth-order valence-corrected chi connectivity index (χ4v) is 3.51. The van der Waals surface area contributed by atoms with E-state index in [0.717, 1.165) is 25.9 Å². The summed E-state index contributed by atoms with van der Waals surface area (Å²) in [5, 5.41) is 2.93. The van der Waals surface area contributed by atoms with Crippen LogP contribution >= 0.6 is 22.9 Å². The maximum absolute atomic E-state index is 6.21. The quantitative estimate of drug-likeness (QED) is 0.486. The van der Waals surface area contributed by atoms with Gasteiger partial charge in [-0.15, -0.1) is 0 Å². The SMILES string of the molecule is Clc1cccc2nc(-n3ccc4ccccc43)sc12. The summed E-state index contributed by atoms with van der Waals surface area (Å²) in [6, 6.07) is 16.2. The monoisotopic (exact) mass is 284 g/mol. The second kappa shape index (κ2) is 4.08. The van der Waals surface area contributed by atoms with Crippen LogP contribution < -0.4 is 0 Å². The van der Waals surface area contributed by atoms with Crippen LogP contribution in [0.3, 0.4) is 0 Å². The van der Waals surface area contributed by atoms with Crippen molar-refractivity contribution in [1.82, 2.24) is 9.55 Å². The molecule has 0 aliphatic carbocycles. The molecule has 0 saturated carbocycles. The number of hydrogen-bond donors (Lipinski definition) is 0. The summed E-state index contributed by atoms with van der Waals surface area (Å²) in [7, 11) is 0. The highest BCUT2D eigenvalue weighted by atomic mass is 35.5. The number of rotatable bonds is 1. The van der Waals surface area contributed by atoms with E-state index >= 15 is 0 Å². The zero-order valence-corrected chi connectivity index (χ0v) is 11.4. The maximum atomic E-state index is 6.21. The van der Waals surface area contributed by atoms with Crippen molar-refractivity contribution in [2.75, 3.05) is 0 Å². The number of aromatic nitrogens is 2. The second-order valence-corrected chi connectivity index (χ2v) is 5.71. The summed E-state index contributed by atoms with van der Waals surface area (Å²) in [5.41, 5.74) is 2.11. The van der Waals surface area contributed by atoms with Gasteiger partial charge in [-0.05, 0) is 24.3 Å². The summed E-state index contributed by atoms with van der Waals surface area (Å²) in [4.78, 5) is 4.66. The standard InChI is InChI=1S/C15H9ClN2S/c16-11-5-3-6-12-14(11)19-15(17-12)18-9-8-10-4-1-2-7-13(10)18/h1-9H. The fourth-order valence-electron chi connectivity index (χ4n) is 2.26. The first-order valence-electron chi connectivity index (χ1n) is 5.94. The lowest BCUT2D eigenvalue weighted by Gasteiger charge is -1.98. The third-order valence-corrected chi connectivity index (χ3v) is 4.69. The molecule has 0 radical (unpaired) electrons. The number of halogens is 1. The zero-order valence-electron chi connectivity index (χ0n) is 9.88. The van der Waals surface area contributed by atoms with Crippen LogP contribution in [0.2, 0.25) is 5.02 Å². The highest BCUT2D eigenvalue weighted by molar-refractivity contribution is 7.21. The lowest BCUT2D eigenvalue weighted by atomic mass is 10.2. The van der Waals surface area contributed by atoms with E-state index in [-0.39, 0.29) is 0 Å². The van der Waals surface area contributed by atoms with Crippen LogP contribution in [0, 0.1) is 0 Å². The average Bonchev–Trinajstić information content (AvgIpc) is 3.02. The molecule has 0 amide bonds. The van der Waals surface area contributed by atoms with Crippen molar-refractivity contribution in [3.63, 3.8) is 0 Å². The molecule has 92 valence electrons. The van der Waals surface area contributed by atoms with E-state index in [1.54, 1.807) is 11.3 Å². The van der Waals surface area contributed by atoms with E-state index in [0.29, 0.717) is 0 Å². The Hall–Kier alpha value is -1.84. The van der Waals surface area contributed by atoms with Crippen LogP contribution in [0.25, 0.3) is 26.3 Å². The Balaban J connectivity index is 2.02. The van der Waals surface area contributed by atoms with E-state index < -0.39 is 0 Å². The summed E-state index contributed by atoms with van der Waals surface area (Å²) >= 11 is 7.83. The minimum atomic E-state index is 0.762. The molecule has 0 spiro atoms. The van der Waals surface area contributed by atoms with Crippen molar-refractivity contribution in [1.29, 1.82) is 0 Å². The number of para-hydroxylation sites is 1. The highest BCUT2D eigenvalue weighted by Crippen LogP contribution is 2.32. The van der Waals surface area contributed by atoms with Crippen molar-refractivity contribution >= 4 is 44.1 Å². The molecule has 4 aromatic rings. The van der Waals surface area contributed by atoms with Gasteiger partial charge in [0.15, 0.2) is 5.13 Å². The van der Waals surface area contributed by atoms with Crippen molar-refractivity contribution in [3.05, 3.63) is 59.8 Å². The third kappa shape index (κ3) is 1.66. The molecule has 0 unspecified atom stereocenters. The molecule has 0 N–H and O–H groups in total. The van der Waals surface area contributed by atoms with Gasteiger partial charge in [0.2, 0.25) is 0 Å². The van der Waals surface area contributed by atoms with Crippen molar-refractivity contribution < 1.29 is 0 Å². The Morgan fingerprint density at radius 3 is 2.79 bits per heavy atom. The first-order chi connectivity index (χ1) is 9.33. The molecule has 2 heterocycles. The zero-order chi connectivity index (χ0) is 12.8. The van der Waals surface area contributed by atoms with Gasteiger partial charge in [-0.2, -0.15) is 0 Å². The summed E-state index contributed by atoms with van der Waals surface area (Å²) in [6.07, 6.45) is 2.05. The average molecular weight is 285 g/mol. The molecule has 4 rings (SSSR count). The van der Waals surface area contributed by atoms with E-state index in [9.17, 15) is 0 Å². The van der Waals surface area contributed by atoms with Crippen molar-refractivity contribution in [3.8, 4) is 5.13 Å². The lowest BCUT2D eigenvalue weighted by molar-refractivity contribution is 1.10. The fraction of sp³-hybridized carbons (Fsp3) is 0. The van der Waals surface area contributed by atoms with Crippen LogP contribution in [0.5, 0.6) is 0 Å². The van der Waals surface area contributed by atoms with Crippen LogP contribution in [0.1, 0.15) is 0 Å². The molecule has 0 aliphatic rings. The van der Waals surface area contributed by atoms with Crippen LogP contribution in [0.15, 0.2) is 54.7 Å². The second-order valence-electron chi connectivity index (χ2n) is 4.33. The van der Waals surface area contributed by atoms with Crippen molar-refractivity contribution in [2.45, 2.75) is 0 Å². The lowest BCUT2D eigenvalue weighted by Crippen LogP contribution is -1.89. The van der Waals surface area contributed by atoms with E-state index in [1.165, 1.54) is 5.39 Å². The normalized spacial score (nSPS) is 11.4. The molecule has 19 heavy (non-hydrogen) atoms. The smallest absolute Gasteiger partial charge is 0.195 e. The molecule has 2 nitrogen and oxygen atoms in total. The number of hydrogen-bond acceptors (Lipinski definition) is 2. The van der Waals surface area contributed by atoms with Gasteiger partial charge in [0.05, 0.1) is 20.8 Å². The molecule has 2 aromatic carbocycles. The van der Waals surface area contributed by atoms with Gasteiger partial charge in [0.1, 0.15) is 0 Å². The Morgan fingerprint density at radius 2 is 1.89 bits per heavy atom. The van der Waals surface area contributed by atoms with Gasteiger partial charge in [-0.3, -0.25) is 4.57 Å². The predicted octanol–water partition coefficient (Wildman–Crippen LogP) is 4.89. The maximum Gasteiger partial charge on any atom is 0.195 e. The van der Waals surface area contributed by atoms with Crippen LogP contribution in [-0.2, 0) is 0 Å². The molecular formula is C15H9ClN2S. The predicted molar refractivity (Wildman–Crippen MR) is 81.5 cm³/mol. The van der Waals surface area contributed by atoms with E-state index in [1.807, 2.05) is 30.3 Å². The van der Waals surface area contributed by atoms with Gasteiger partial charge in [0.25, 0.3) is 0 Å². The third-order valence-electron chi connectivity index (χ3n) is 3.16. The molecule has 0 fully saturated rings. The summed E-state index contributed by atoms with van der Waals surface area (Å²) < 4.78 is 3.15.